The first-order valence-corrected chi connectivity index (χ1v) is 18.2. The lowest BCUT2D eigenvalue weighted by atomic mass is 10.0. The average molecular weight is 736 g/mol. The number of piperazine rings is 1. The number of carbonyl (C=O) groups excluding carboxylic acids is 1. The third-order valence-electron chi connectivity index (χ3n) is 9.27. The van der Waals surface area contributed by atoms with Gasteiger partial charge in [-0.05, 0) is 72.5 Å². The van der Waals surface area contributed by atoms with Crippen molar-refractivity contribution < 1.29 is 40.6 Å². The van der Waals surface area contributed by atoms with E-state index in [-0.39, 0.29) is 41.7 Å². The van der Waals surface area contributed by atoms with Crippen molar-refractivity contribution in [2.75, 3.05) is 55.7 Å². The Bertz CT molecular complexity index is 2020. The number of alkyl halides is 3. The SMILES string of the molecule is O=C(CN1CCc2cc(Oc3ccc(NS(=O)(=O)c4ccc(C(F)(F)F)cc4)cn3)ccc21)N1CCN(C(Cc2ccccc2)C2=COCO2)CC1. The largest absolute Gasteiger partial charge is 0.462 e. The van der Waals surface area contributed by atoms with Gasteiger partial charge in [0.05, 0.1) is 34.9 Å². The number of pyridine rings is 1. The highest BCUT2D eigenvalue weighted by molar-refractivity contribution is 7.92. The van der Waals surface area contributed by atoms with Crippen molar-refractivity contribution in [3.05, 3.63) is 120 Å². The van der Waals surface area contributed by atoms with Gasteiger partial charge in [-0.2, -0.15) is 13.2 Å². The van der Waals surface area contributed by atoms with Crippen molar-refractivity contribution >= 4 is 27.3 Å². The Hall–Kier alpha value is -5.28. The van der Waals surface area contributed by atoms with Gasteiger partial charge in [-0.15, -0.1) is 0 Å². The Morgan fingerprint density at radius 2 is 1.71 bits per heavy atom. The van der Waals surface area contributed by atoms with Crippen molar-refractivity contribution in [3.8, 4) is 11.6 Å². The number of sulfonamides is 1. The number of halogens is 3. The molecular weight excluding hydrogens is 699 g/mol. The molecule has 7 rings (SSSR count). The molecule has 1 atom stereocenters. The first kappa shape index (κ1) is 35.1. The van der Waals surface area contributed by atoms with Crippen molar-refractivity contribution in [3.63, 3.8) is 0 Å². The van der Waals surface area contributed by atoms with Gasteiger partial charge in [0.15, 0.2) is 5.76 Å². The fourth-order valence-electron chi connectivity index (χ4n) is 6.55. The molecule has 1 fully saturated rings. The highest BCUT2D eigenvalue weighted by Crippen LogP contribution is 2.34. The maximum absolute atomic E-state index is 13.4. The number of hydrogen-bond acceptors (Lipinski definition) is 9. The molecule has 4 heterocycles. The molecule has 1 N–H and O–H groups in total. The second-order valence-electron chi connectivity index (χ2n) is 12.6. The molecular formula is C37H36F3N5O6S. The molecule has 11 nitrogen and oxygen atoms in total. The molecule has 0 aliphatic carbocycles. The van der Waals surface area contributed by atoms with Gasteiger partial charge in [0, 0.05) is 44.5 Å². The standard InChI is InChI=1S/C37H36F3N5O6S/c38-37(39,40)28-6-10-31(11-7-28)52(47,48)42-29-8-13-35(41-22-29)51-30-9-12-32-27(21-30)14-15-45(32)23-36(46)44-18-16-43(17-19-44)33(34-24-49-25-50-34)20-26-4-2-1-3-5-26/h1-13,21-22,24,33,42H,14-20,23,25H2. The van der Waals surface area contributed by atoms with Crippen LogP contribution in [0, 0.1) is 0 Å². The van der Waals surface area contributed by atoms with Gasteiger partial charge in [-0.25, -0.2) is 13.4 Å². The summed E-state index contributed by atoms with van der Waals surface area (Å²) in [6.07, 6.45) is -0.0848. The van der Waals surface area contributed by atoms with Crippen molar-refractivity contribution in [2.24, 2.45) is 0 Å². The van der Waals surface area contributed by atoms with Crippen LogP contribution >= 0.6 is 0 Å². The van der Waals surface area contributed by atoms with Crippen LogP contribution in [0.4, 0.5) is 24.5 Å². The van der Waals surface area contributed by atoms with E-state index in [1.54, 1.807) is 12.3 Å². The zero-order valence-corrected chi connectivity index (χ0v) is 28.8. The van der Waals surface area contributed by atoms with E-state index < -0.39 is 21.8 Å². The molecule has 1 saturated heterocycles. The summed E-state index contributed by atoms with van der Waals surface area (Å²) < 4.78 is 83.3. The van der Waals surface area contributed by atoms with Crippen LogP contribution in [0.1, 0.15) is 16.7 Å². The maximum Gasteiger partial charge on any atom is 0.416 e. The molecule has 0 radical (unpaired) electrons. The highest BCUT2D eigenvalue weighted by atomic mass is 32.2. The van der Waals surface area contributed by atoms with Gasteiger partial charge < -0.3 is 24.0 Å². The van der Waals surface area contributed by atoms with E-state index >= 15 is 0 Å². The first-order valence-electron chi connectivity index (χ1n) is 16.7. The van der Waals surface area contributed by atoms with Crippen LogP contribution < -0.4 is 14.4 Å². The minimum absolute atomic E-state index is 0.0332. The van der Waals surface area contributed by atoms with Crippen LogP contribution in [-0.2, 0) is 43.3 Å². The Balaban J connectivity index is 0.915. The minimum atomic E-state index is -4.57. The molecule has 52 heavy (non-hydrogen) atoms. The molecule has 1 unspecified atom stereocenters. The number of hydrogen-bond donors (Lipinski definition) is 1. The van der Waals surface area contributed by atoms with E-state index in [0.717, 1.165) is 55.1 Å². The van der Waals surface area contributed by atoms with Crippen LogP contribution in [0.15, 0.2) is 108 Å². The fraction of sp³-hybridized carbons (Fsp3) is 0.297. The number of rotatable bonds is 11. The van der Waals surface area contributed by atoms with Crippen molar-refractivity contribution in [1.29, 1.82) is 0 Å². The highest BCUT2D eigenvalue weighted by Gasteiger charge is 2.33. The predicted molar refractivity (Wildman–Crippen MR) is 186 cm³/mol. The first-order chi connectivity index (χ1) is 25.0. The van der Waals surface area contributed by atoms with Crippen LogP contribution in [0.5, 0.6) is 11.6 Å². The van der Waals surface area contributed by atoms with Crippen molar-refractivity contribution in [1.82, 2.24) is 14.8 Å². The summed E-state index contributed by atoms with van der Waals surface area (Å²) >= 11 is 0. The average Bonchev–Trinajstić information content (AvgIpc) is 3.82. The summed E-state index contributed by atoms with van der Waals surface area (Å²) in [6.45, 7) is 3.87. The molecule has 0 bridgehead atoms. The van der Waals surface area contributed by atoms with Gasteiger partial charge in [0.1, 0.15) is 12.0 Å². The second kappa shape index (κ2) is 14.8. The van der Waals surface area contributed by atoms with Crippen LogP contribution in [0.2, 0.25) is 0 Å². The van der Waals surface area contributed by atoms with Gasteiger partial charge in [0.25, 0.3) is 10.0 Å². The van der Waals surface area contributed by atoms with E-state index in [2.05, 4.69) is 31.6 Å². The number of aromatic nitrogens is 1. The zero-order chi connectivity index (χ0) is 36.3. The number of carbonyl (C=O) groups is 1. The van der Waals surface area contributed by atoms with Gasteiger partial charge in [-0.1, -0.05) is 30.3 Å². The topological polar surface area (TPSA) is 114 Å². The fourth-order valence-corrected chi connectivity index (χ4v) is 7.60. The Morgan fingerprint density at radius 3 is 2.38 bits per heavy atom. The number of amides is 1. The molecule has 3 aromatic carbocycles. The third kappa shape index (κ3) is 8.10. The minimum Gasteiger partial charge on any atom is -0.462 e. The molecule has 272 valence electrons. The van der Waals surface area contributed by atoms with Crippen LogP contribution in [0.3, 0.4) is 0 Å². The summed E-state index contributed by atoms with van der Waals surface area (Å²) in [5, 5.41) is 0. The Labute approximate surface area is 299 Å². The zero-order valence-electron chi connectivity index (χ0n) is 28.0. The quantitative estimate of drug-likeness (QED) is 0.209. The maximum atomic E-state index is 13.4. The van der Waals surface area contributed by atoms with E-state index in [1.807, 2.05) is 35.2 Å². The molecule has 4 aromatic rings. The van der Waals surface area contributed by atoms with E-state index in [1.165, 1.54) is 23.9 Å². The van der Waals surface area contributed by atoms with Gasteiger partial charge >= 0.3 is 6.18 Å². The lowest BCUT2D eigenvalue weighted by Crippen LogP contribution is -2.54. The van der Waals surface area contributed by atoms with Gasteiger partial charge in [0.2, 0.25) is 18.6 Å². The summed E-state index contributed by atoms with van der Waals surface area (Å²) in [7, 11) is -4.14. The van der Waals surface area contributed by atoms with Gasteiger partial charge in [-0.3, -0.25) is 14.4 Å². The third-order valence-corrected chi connectivity index (χ3v) is 10.7. The summed E-state index contributed by atoms with van der Waals surface area (Å²) in [5.41, 5.74) is 2.38. The monoisotopic (exact) mass is 735 g/mol. The molecule has 15 heteroatoms. The van der Waals surface area contributed by atoms with E-state index in [9.17, 15) is 26.4 Å². The molecule has 3 aliphatic heterocycles. The molecule has 1 aromatic heterocycles. The number of ether oxygens (including phenoxy) is 3. The lowest BCUT2D eigenvalue weighted by Gasteiger charge is -2.39. The summed E-state index contributed by atoms with van der Waals surface area (Å²) in [4.78, 5) is 23.7. The normalized spacial score (nSPS) is 16.8. The van der Waals surface area contributed by atoms with Crippen LogP contribution in [0.25, 0.3) is 0 Å². The van der Waals surface area contributed by atoms with E-state index in [0.29, 0.717) is 37.5 Å². The molecule has 0 saturated carbocycles. The molecule has 3 aliphatic rings. The van der Waals surface area contributed by atoms with E-state index in [4.69, 9.17) is 14.2 Å². The molecule has 1 amide bonds. The smallest absolute Gasteiger partial charge is 0.416 e. The van der Waals surface area contributed by atoms with Crippen molar-refractivity contribution in [2.45, 2.75) is 30.0 Å². The lowest BCUT2D eigenvalue weighted by molar-refractivity contribution is -0.137. The number of fused-ring (bicyclic) bond motifs is 1. The number of nitrogens with one attached hydrogen (secondary N) is 1. The number of nitrogens with zero attached hydrogens (tertiary/aromatic N) is 4. The predicted octanol–water partition coefficient (Wildman–Crippen LogP) is 5.66. The molecule has 0 spiro atoms. The Morgan fingerprint density at radius 1 is 0.942 bits per heavy atom. The van der Waals surface area contributed by atoms with Crippen LogP contribution in [-0.4, -0.2) is 81.2 Å². The number of benzene rings is 3. The summed E-state index contributed by atoms with van der Waals surface area (Å²) in [6, 6.07) is 22.1. The summed E-state index contributed by atoms with van der Waals surface area (Å²) in [5.74, 6) is 1.64. The Kier molecular flexibility index (Phi) is 9.97. The second-order valence-corrected chi connectivity index (χ2v) is 14.3. The number of anilines is 2.